The fourth-order valence-electron chi connectivity index (χ4n) is 1.93. The fourth-order valence-corrected chi connectivity index (χ4v) is 2.15. The lowest BCUT2D eigenvalue weighted by Gasteiger charge is -2.16. The Hall–Kier alpha value is -1.68. The third kappa shape index (κ3) is 3.67. The molecule has 5 heteroatoms. The van der Waals surface area contributed by atoms with Gasteiger partial charge < -0.3 is 5.32 Å². The van der Waals surface area contributed by atoms with E-state index in [-0.39, 0.29) is 11.9 Å². The molecule has 0 bridgehead atoms. The van der Waals surface area contributed by atoms with E-state index in [2.05, 4.69) is 15.3 Å². The van der Waals surface area contributed by atoms with E-state index in [4.69, 9.17) is 11.6 Å². The molecule has 106 valence electrons. The first kappa shape index (κ1) is 14.7. The van der Waals surface area contributed by atoms with Gasteiger partial charge in [0.05, 0.1) is 11.4 Å². The van der Waals surface area contributed by atoms with Crippen molar-refractivity contribution in [2.24, 2.45) is 0 Å². The van der Waals surface area contributed by atoms with E-state index in [0.717, 1.165) is 23.4 Å². The van der Waals surface area contributed by atoms with Gasteiger partial charge in [-0.1, -0.05) is 23.7 Å². The zero-order valence-corrected chi connectivity index (χ0v) is 12.5. The number of nitrogens with one attached hydrogen (secondary N) is 1. The molecule has 0 fully saturated rings. The van der Waals surface area contributed by atoms with Gasteiger partial charge in [-0.3, -0.25) is 0 Å². The summed E-state index contributed by atoms with van der Waals surface area (Å²) in [5.41, 5.74) is 2.73. The van der Waals surface area contributed by atoms with Crippen LogP contribution in [0.1, 0.15) is 23.9 Å². The Labute approximate surface area is 123 Å². The minimum Gasteiger partial charge on any atom is -0.365 e. The fraction of sp³-hybridized carbons (Fsp3) is 0.333. The minimum absolute atomic E-state index is 0.120. The normalized spacial score (nSPS) is 12.2. The van der Waals surface area contributed by atoms with Crippen LogP contribution < -0.4 is 5.32 Å². The first-order chi connectivity index (χ1) is 9.45. The summed E-state index contributed by atoms with van der Waals surface area (Å²) in [6, 6.07) is 6.60. The van der Waals surface area contributed by atoms with Crippen molar-refractivity contribution in [3.63, 3.8) is 0 Å². The molecule has 3 nitrogen and oxygen atoms in total. The number of benzene rings is 1. The molecule has 2 rings (SSSR count). The molecule has 1 heterocycles. The van der Waals surface area contributed by atoms with Gasteiger partial charge in [-0.25, -0.2) is 14.4 Å². The Balaban J connectivity index is 2.06. The van der Waals surface area contributed by atoms with Gasteiger partial charge in [-0.15, -0.1) is 0 Å². The lowest BCUT2D eigenvalue weighted by molar-refractivity contribution is 0.626. The van der Waals surface area contributed by atoms with Crippen molar-refractivity contribution in [2.75, 3.05) is 5.32 Å². The van der Waals surface area contributed by atoms with Crippen molar-refractivity contribution in [3.05, 3.63) is 52.2 Å². The average Bonchev–Trinajstić information content (AvgIpc) is 2.39. The smallest absolute Gasteiger partial charge is 0.171 e. The first-order valence-electron chi connectivity index (χ1n) is 6.47. The largest absolute Gasteiger partial charge is 0.365 e. The van der Waals surface area contributed by atoms with Crippen LogP contribution in [0.15, 0.2) is 24.3 Å². The maximum absolute atomic E-state index is 12.9. The molecule has 2 aromatic rings. The minimum atomic E-state index is -0.225. The molecule has 0 aliphatic carbocycles. The molecule has 0 aliphatic heterocycles. The number of halogens is 2. The second-order valence-corrected chi connectivity index (χ2v) is 5.27. The van der Waals surface area contributed by atoms with E-state index in [1.807, 2.05) is 20.8 Å². The van der Waals surface area contributed by atoms with Crippen molar-refractivity contribution in [3.8, 4) is 0 Å². The maximum atomic E-state index is 12.9. The van der Waals surface area contributed by atoms with E-state index in [9.17, 15) is 4.39 Å². The molecule has 0 saturated carbocycles. The monoisotopic (exact) mass is 293 g/mol. The van der Waals surface area contributed by atoms with E-state index in [0.29, 0.717) is 11.0 Å². The average molecular weight is 294 g/mol. The molecule has 1 aromatic carbocycles. The molecular formula is C15H17ClFN3. The number of aryl methyl sites for hydroxylation is 2. The van der Waals surface area contributed by atoms with Gasteiger partial charge in [0, 0.05) is 6.04 Å². The van der Waals surface area contributed by atoms with Gasteiger partial charge in [0.15, 0.2) is 11.0 Å². The van der Waals surface area contributed by atoms with E-state index in [1.54, 1.807) is 12.1 Å². The Morgan fingerprint density at radius 1 is 1.15 bits per heavy atom. The summed E-state index contributed by atoms with van der Waals surface area (Å²) < 4.78 is 12.9. The topological polar surface area (TPSA) is 37.8 Å². The van der Waals surface area contributed by atoms with Gasteiger partial charge in [0.1, 0.15) is 5.82 Å². The molecule has 1 unspecified atom stereocenters. The lowest BCUT2D eigenvalue weighted by atomic mass is 10.1. The second-order valence-electron chi connectivity index (χ2n) is 4.91. The standard InChI is InChI=1S/C15H17ClFN3/c1-9(8-12-4-6-13(17)7-5-12)18-15-14(16)19-10(2)11(3)20-15/h4-7,9H,8H2,1-3H3,(H,18,20). The highest BCUT2D eigenvalue weighted by Crippen LogP contribution is 2.20. The molecular weight excluding hydrogens is 277 g/mol. The summed E-state index contributed by atoms with van der Waals surface area (Å²) in [5.74, 6) is 0.363. The van der Waals surface area contributed by atoms with Crippen LogP contribution in [-0.4, -0.2) is 16.0 Å². The summed E-state index contributed by atoms with van der Waals surface area (Å²) in [7, 11) is 0. The molecule has 0 radical (unpaired) electrons. The highest BCUT2D eigenvalue weighted by Gasteiger charge is 2.10. The summed E-state index contributed by atoms with van der Waals surface area (Å²) in [6.07, 6.45) is 0.755. The summed E-state index contributed by atoms with van der Waals surface area (Å²) in [6.45, 7) is 5.80. The van der Waals surface area contributed by atoms with Crippen LogP contribution in [-0.2, 0) is 6.42 Å². The van der Waals surface area contributed by atoms with Crippen LogP contribution >= 0.6 is 11.6 Å². The van der Waals surface area contributed by atoms with Crippen molar-refractivity contribution < 1.29 is 4.39 Å². The van der Waals surface area contributed by atoms with Crippen LogP contribution in [0.25, 0.3) is 0 Å². The van der Waals surface area contributed by atoms with Gasteiger partial charge >= 0.3 is 0 Å². The van der Waals surface area contributed by atoms with Crippen LogP contribution in [0.5, 0.6) is 0 Å². The molecule has 0 spiro atoms. The quantitative estimate of drug-likeness (QED) is 0.928. The zero-order chi connectivity index (χ0) is 14.7. The van der Waals surface area contributed by atoms with Gasteiger partial charge in [-0.05, 0) is 44.9 Å². The first-order valence-corrected chi connectivity index (χ1v) is 6.85. The van der Waals surface area contributed by atoms with E-state index in [1.165, 1.54) is 12.1 Å². The number of hydrogen-bond acceptors (Lipinski definition) is 3. The van der Waals surface area contributed by atoms with Gasteiger partial charge in [0.25, 0.3) is 0 Å². The third-order valence-corrected chi connectivity index (χ3v) is 3.37. The third-order valence-electron chi connectivity index (χ3n) is 3.10. The van der Waals surface area contributed by atoms with Gasteiger partial charge in [-0.2, -0.15) is 0 Å². The molecule has 0 amide bonds. The maximum Gasteiger partial charge on any atom is 0.171 e. The van der Waals surface area contributed by atoms with Crippen LogP contribution in [0, 0.1) is 19.7 Å². The van der Waals surface area contributed by atoms with Crippen molar-refractivity contribution in [1.82, 2.24) is 9.97 Å². The highest BCUT2D eigenvalue weighted by molar-refractivity contribution is 6.31. The Bertz CT molecular complexity index is 599. The van der Waals surface area contributed by atoms with Crippen molar-refractivity contribution in [1.29, 1.82) is 0 Å². The highest BCUT2D eigenvalue weighted by atomic mass is 35.5. The number of hydrogen-bond donors (Lipinski definition) is 1. The number of aromatic nitrogens is 2. The van der Waals surface area contributed by atoms with E-state index >= 15 is 0 Å². The summed E-state index contributed by atoms with van der Waals surface area (Å²) in [4.78, 5) is 8.64. The second kappa shape index (κ2) is 6.18. The SMILES string of the molecule is Cc1nc(Cl)c(NC(C)Cc2ccc(F)cc2)nc1C. The van der Waals surface area contributed by atoms with Crippen LogP contribution in [0.2, 0.25) is 5.15 Å². The van der Waals surface area contributed by atoms with Crippen LogP contribution in [0.4, 0.5) is 10.2 Å². The molecule has 1 aromatic heterocycles. The van der Waals surface area contributed by atoms with Crippen molar-refractivity contribution in [2.45, 2.75) is 33.2 Å². The summed E-state index contributed by atoms with van der Waals surface area (Å²) >= 11 is 6.08. The molecule has 0 aliphatic rings. The molecule has 1 N–H and O–H groups in total. The molecule has 0 saturated heterocycles. The predicted octanol–water partition coefficient (Wildman–Crippen LogP) is 3.93. The Morgan fingerprint density at radius 3 is 2.40 bits per heavy atom. The lowest BCUT2D eigenvalue weighted by Crippen LogP contribution is -2.20. The molecule has 20 heavy (non-hydrogen) atoms. The predicted molar refractivity (Wildman–Crippen MR) is 79.7 cm³/mol. The Morgan fingerprint density at radius 2 is 1.75 bits per heavy atom. The number of rotatable bonds is 4. The van der Waals surface area contributed by atoms with Crippen LogP contribution in [0.3, 0.4) is 0 Å². The Kier molecular flexibility index (Phi) is 4.55. The van der Waals surface area contributed by atoms with Crippen molar-refractivity contribution >= 4 is 17.4 Å². The number of nitrogens with zero attached hydrogens (tertiary/aromatic N) is 2. The zero-order valence-electron chi connectivity index (χ0n) is 11.7. The van der Waals surface area contributed by atoms with E-state index < -0.39 is 0 Å². The van der Waals surface area contributed by atoms with Gasteiger partial charge in [0.2, 0.25) is 0 Å². The summed E-state index contributed by atoms with van der Waals surface area (Å²) in [5, 5.41) is 3.62. The number of anilines is 1. The molecule has 1 atom stereocenters.